The Morgan fingerprint density at radius 1 is 0.933 bits per heavy atom. The van der Waals surface area contributed by atoms with Crippen molar-refractivity contribution in [1.82, 2.24) is 4.57 Å². The Balaban J connectivity index is 1.78. The number of carbonyl (C=O) groups is 1. The molecule has 30 heavy (non-hydrogen) atoms. The minimum absolute atomic E-state index is 0.325. The van der Waals surface area contributed by atoms with E-state index in [0.717, 1.165) is 33.3 Å². The third-order valence-corrected chi connectivity index (χ3v) is 5.32. The standard InChI is InChI=1S/C25H22ClNO3/c1-3-30-25(28)24-15-20-14-19(18-6-11-22(29-2)12-7-18)8-13-23(20)27(24)16-17-4-9-21(26)10-5-17/h4-15H,3,16H2,1-2H3. The van der Waals surface area contributed by atoms with Crippen LogP contribution in [0, 0.1) is 0 Å². The van der Waals surface area contributed by atoms with Gasteiger partial charge in [0.2, 0.25) is 0 Å². The van der Waals surface area contributed by atoms with Crippen molar-refractivity contribution in [3.05, 3.63) is 89.1 Å². The summed E-state index contributed by atoms with van der Waals surface area (Å²) in [5.74, 6) is 0.493. The maximum atomic E-state index is 12.6. The molecule has 0 aliphatic rings. The minimum Gasteiger partial charge on any atom is -0.497 e. The van der Waals surface area contributed by atoms with Crippen LogP contribution in [0.4, 0.5) is 0 Å². The number of esters is 1. The normalized spacial score (nSPS) is 10.9. The van der Waals surface area contributed by atoms with Gasteiger partial charge in [-0.15, -0.1) is 0 Å². The third-order valence-electron chi connectivity index (χ3n) is 5.06. The van der Waals surface area contributed by atoms with E-state index in [1.54, 1.807) is 7.11 Å². The molecule has 4 nitrogen and oxygen atoms in total. The van der Waals surface area contributed by atoms with Gasteiger partial charge in [0.1, 0.15) is 11.4 Å². The number of hydrogen-bond donors (Lipinski definition) is 0. The molecule has 152 valence electrons. The summed E-state index contributed by atoms with van der Waals surface area (Å²) in [6.45, 7) is 2.70. The average Bonchev–Trinajstić information content (AvgIpc) is 3.13. The molecular formula is C25H22ClNO3. The van der Waals surface area contributed by atoms with Crippen LogP contribution in [0.2, 0.25) is 5.02 Å². The summed E-state index contributed by atoms with van der Waals surface area (Å²) < 4.78 is 12.5. The van der Waals surface area contributed by atoms with E-state index in [-0.39, 0.29) is 5.97 Å². The molecule has 4 aromatic rings. The molecule has 0 amide bonds. The van der Waals surface area contributed by atoms with Gasteiger partial charge in [0.15, 0.2) is 0 Å². The highest BCUT2D eigenvalue weighted by Gasteiger charge is 2.17. The Morgan fingerprint density at radius 3 is 2.30 bits per heavy atom. The van der Waals surface area contributed by atoms with Crippen LogP contribution in [0.3, 0.4) is 0 Å². The molecule has 5 heteroatoms. The second-order valence-corrected chi connectivity index (χ2v) is 7.40. The van der Waals surface area contributed by atoms with Crippen molar-refractivity contribution in [2.75, 3.05) is 13.7 Å². The highest BCUT2D eigenvalue weighted by atomic mass is 35.5. The van der Waals surface area contributed by atoms with Crippen molar-refractivity contribution in [2.24, 2.45) is 0 Å². The van der Waals surface area contributed by atoms with Gasteiger partial charge in [-0.1, -0.05) is 41.9 Å². The first-order chi connectivity index (χ1) is 14.6. The number of hydrogen-bond acceptors (Lipinski definition) is 3. The van der Waals surface area contributed by atoms with E-state index in [1.807, 2.05) is 72.2 Å². The molecule has 0 unspecified atom stereocenters. The van der Waals surface area contributed by atoms with Crippen molar-refractivity contribution in [2.45, 2.75) is 13.5 Å². The highest BCUT2D eigenvalue weighted by Crippen LogP contribution is 2.29. The number of methoxy groups -OCH3 is 1. The SMILES string of the molecule is CCOC(=O)c1cc2cc(-c3ccc(OC)cc3)ccc2n1Cc1ccc(Cl)cc1. The molecule has 0 atom stereocenters. The molecule has 0 aliphatic carbocycles. The molecule has 0 saturated heterocycles. The Hall–Kier alpha value is -3.24. The summed E-state index contributed by atoms with van der Waals surface area (Å²) in [7, 11) is 1.65. The molecular weight excluding hydrogens is 398 g/mol. The lowest BCUT2D eigenvalue weighted by molar-refractivity contribution is 0.0515. The fourth-order valence-electron chi connectivity index (χ4n) is 3.55. The lowest BCUT2D eigenvalue weighted by Crippen LogP contribution is -2.12. The minimum atomic E-state index is -0.325. The molecule has 0 saturated carbocycles. The Labute approximate surface area is 180 Å². The Bertz CT molecular complexity index is 1180. The van der Waals surface area contributed by atoms with Crippen LogP contribution in [0.15, 0.2) is 72.8 Å². The van der Waals surface area contributed by atoms with Gasteiger partial charge >= 0.3 is 5.97 Å². The molecule has 0 aliphatic heterocycles. The molecule has 4 rings (SSSR count). The van der Waals surface area contributed by atoms with E-state index in [1.165, 1.54) is 0 Å². The number of halogens is 1. The van der Waals surface area contributed by atoms with Gasteiger partial charge in [-0.05, 0) is 66.1 Å². The first-order valence-electron chi connectivity index (χ1n) is 9.78. The van der Waals surface area contributed by atoms with Crippen LogP contribution < -0.4 is 4.74 Å². The fraction of sp³-hybridized carbons (Fsp3) is 0.160. The topological polar surface area (TPSA) is 40.5 Å². The Morgan fingerprint density at radius 2 is 1.63 bits per heavy atom. The predicted molar refractivity (Wildman–Crippen MR) is 120 cm³/mol. The molecule has 0 fully saturated rings. The lowest BCUT2D eigenvalue weighted by Gasteiger charge is -2.11. The van der Waals surface area contributed by atoms with E-state index < -0.39 is 0 Å². The summed E-state index contributed by atoms with van der Waals surface area (Å²) in [6, 6.07) is 23.7. The average molecular weight is 420 g/mol. The summed E-state index contributed by atoms with van der Waals surface area (Å²) in [6.07, 6.45) is 0. The van der Waals surface area contributed by atoms with E-state index in [0.29, 0.717) is 23.9 Å². The third kappa shape index (κ3) is 4.05. The van der Waals surface area contributed by atoms with Crippen LogP contribution in [-0.2, 0) is 11.3 Å². The predicted octanol–water partition coefficient (Wildman–Crippen LogP) is 6.20. The van der Waals surface area contributed by atoms with Crippen molar-refractivity contribution < 1.29 is 14.3 Å². The van der Waals surface area contributed by atoms with Crippen molar-refractivity contribution in [3.63, 3.8) is 0 Å². The number of benzene rings is 3. The molecule has 3 aromatic carbocycles. The monoisotopic (exact) mass is 419 g/mol. The van der Waals surface area contributed by atoms with Gasteiger partial charge < -0.3 is 14.0 Å². The number of aromatic nitrogens is 1. The molecule has 0 bridgehead atoms. The smallest absolute Gasteiger partial charge is 0.354 e. The lowest BCUT2D eigenvalue weighted by atomic mass is 10.0. The molecule has 1 heterocycles. The summed E-state index contributed by atoms with van der Waals surface area (Å²) in [5.41, 5.74) is 4.73. The van der Waals surface area contributed by atoms with Crippen molar-refractivity contribution in [1.29, 1.82) is 0 Å². The van der Waals surface area contributed by atoms with Gasteiger partial charge in [0.25, 0.3) is 0 Å². The second-order valence-electron chi connectivity index (χ2n) is 6.96. The fourth-order valence-corrected chi connectivity index (χ4v) is 3.68. The van der Waals surface area contributed by atoms with Gasteiger partial charge in [-0.25, -0.2) is 4.79 Å². The zero-order valence-electron chi connectivity index (χ0n) is 16.9. The van der Waals surface area contributed by atoms with E-state index in [9.17, 15) is 4.79 Å². The van der Waals surface area contributed by atoms with Crippen molar-refractivity contribution in [3.8, 4) is 16.9 Å². The summed E-state index contributed by atoms with van der Waals surface area (Å²) >= 11 is 6.02. The zero-order valence-corrected chi connectivity index (χ0v) is 17.6. The van der Waals surface area contributed by atoms with Crippen molar-refractivity contribution >= 4 is 28.5 Å². The van der Waals surface area contributed by atoms with Gasteiger partial charge in [0, 0.05) is 22.5 Å². The number of carbonyl (C=O) groups excluding carboxylic acids is 1. The first kappa shape index (κ1) is 20.0. The maximum Gasteiger partial charge on any atom is 0.354 e. The largest absolute Gasteiger partial charge is 0.497 e. The zero-order chi connectivity index (χ0) is 21.1. The van der Waals surface area contributed by atoms with E-state index in [2.05, 4.69) is 12.1 Å². The Kier molecular flexibility index (Phi) is 5.77. The van der Waals surface area contributed by atoms with Gasteiger partial charge in [-0.3, -0.25) is 0 Å². The van der Waals surface area contributed by atoms with Gasteiger partial charge in [0.05, 0.1) is 13.7 Å². The van der Waals surface area contributed by atoms with Gasteiger partial charge in [-0.2, -0.15) is 0 Å². The van der Waals surface area contributed by atoms with Crippen LogP contribution in [0.1, 0.15) is 23.0 Å². The number of fused-ring (bicyclic) bond motifs is 1. The van der Waals surface area contributed by atoms with E-state index >= 15 is 0 Å². The number of rotatable bonds is 6. The number of nitrogens with zero attached hydrogens (tertiary/aromatic N) is 1. The second kappa shape index (κ2) is 8.64. The quantitative estimate of drug-likeness (QED) is 0.349. The number of ether oxygens (including phenoxy) is 2. The molecule has 1 aromatic heterocycles. The van der Waals surface area contributed by atoms with Crippen LogP contribution in [0.5, 0.6) is 5.75 Å². The van der Waals surface area contributed by atoms with E-state index in [4.69, 9.17) is 21.1 Å². The summed E-state index contributed by atoms with van der Waals surface area (Å²) in [5, 5.41) is 1.67. The van der Waals surface area contributed by atoms with Crippen LogP contribution >= 0.6 is 11.6 Å². The summed E-state index contributed by atoms with van der Waals surface area (Å²) in [4.78, 5) is 12.6. The molecule has 0 N–H and O–H groups in total. The highest BCUT2D eigenvalue weighted by molar-refractivity contribution is 6.30. The first-order valence-corrected chi connectivity index (χ1v) is 10.2. The van der Waals surface area contributed by atoms with Crippen LogP contribution in [0.25, 0.3) is 22.0 Å². The molecule has 0 radical (unpaired) electrons. The van der Waals surface area contributed by atoms with Crippen LogP contribution in [-0.4, -0.2) is 24.3 Å². The maximum absolute atomic E-state index is 12.6. The molecule has 0 spiro atoms.